The van der Waals surface area contributed by atoms with Crippen molar-refractivity contribution in [3.8, 4) is 0 Å². The Hall–Kier alpha value is -0.570. The van der Waals surface area contributed by atoms with Crippen LogP contribution >= 0.6 is 0 Å². The lowest BCUT2D eigenvalue weighted by Gasteiger charge is -2.43. The summed E-state index contributed by atoms with van der Waals surface area (Å²) in [6, 6.07) is 0. The molecule has 82 valence electrons. The third-order valence-electron chi connectivity index (χ3n) is 3.34. The second-order valence-corrected chi connectivity index (χ2v) is 5.15. The summed E-state index contributed by atoms with van der Waals surface area (Å²) >= 11 is 0. The minimum absolute atomic E-state index is 0.0769. The van der Waals surface area contributed by atoms with E-state index in [9.17, 15) is 9.90 Å². The first-order valence-corrected chi connectivity index (χ1v) is 5.18. The van der Waals surface area contributed by atoms with Crippen LogP contribution in [0.4, 0.5) is 0 Å². The number of hydrogen-bond acceptors (Lipinski definition) is 3. The van der Waals surface area contributed by atoms with Crippen LogP contribution in [0.1, 0.15) is 40.5 Å². The Morgan fingerprint density at radius 3 is 2.36 bits per heavy atom. The molecule has 1 aliphatic heterocycles. The lowest BCUT2D eigenvalue weighted by molar-refractivity contribution is -0.196. The molecule has 14 heavy (non-hydrogen) atoms. The quantitative estimate of drug-likeness (QED) is 0.691. The van der Waals surface area contributed by atoms with E-state index in [0.29, 0.717) is 0 Å². The van der Waals surface area contributed by atoms with Crippen LogP contribution in [0, 0.1) is 11.3 Å². The van der Waals surface area contributed by atoms with Crippen molar-refractivity contribution >= 4 is 5.97 Å². The van der Waals surface area contributed by atoms with Gasteiger partial charge in [0, 0.05) is 0 Å². The Morgan fingerprint density at radius 1 is 1.43 bits per heavy atom. The van der Waals surface area contributed by atoms with Crippen LogP contribution < -0.4 is 0 Å². The number of carbonyl (C=O) groups is 1. The summed E-state index contributed by atoms with van der Waals surface area (Å²) in [7, 11) is 0. The standard InChI is InChI=1S/C11H20O3/c1-8(2)11(7-12)6-5-10(3,4)9(13)14-11/h8,12H,5-7H2,1-4H3. The highest BCUT2D eigenvalue weighted by atomic mass is 16.6. The average Bonchev–Trinajstić information content (AvgIpc) is 2.10. The van der Waals surface area contributed by atoms with Gasteiger partial charge in [-0.3, -0.25) is 4.79 Å². The molecule has 3 heteroatoms. The van der Waals surface area contributed by atoms with Gasteiger partial charge in [-0.2, -0.15) is 0 Å². The van der Waals surface area contributed by atoms with Crippen LogP contribution in [0.3, 0.4) is 0 Å². The molecule has 1 rings (SSSR count). The molecule has 0 bridgehead atoms. The van der Waals surface area contributed by atoms with Crippen molar-refractivity contribution in [3.63, 3.8) is 0 Å². The molecule has 0 aromatic rings. The van der Waals surface area contributed by atoms with Gasteiger partial charge in [0.15, 0.2) is 0 Å². The minimum atomic E-state index is -0.646. The van der Waals surface area contributed by atoms with E-state index in [-0.39, 0.29) is 18.5 Å². The maximum Gasteiger partial charge on any atom is 0.312 e. The van der Waals surface area contributed by atoms with Crippen LogP contribution in [0.25, 0.3) is 0 Å². The Morgan fingerprint density at radius 2 is 2.00 bits per heavy atom. The molecule has 1 fully saturated rings. The molecular formula is C11H20O3. The highest BCUT2D eigenvalue weighted by Gasteiger charge is 2.47. The highest BCUT2D eigenvalue weighted by molar-refractivity contribution is 5.77. The van der Waals surface area contributed by atoms with Crippen LogP contribution in [-0.4, -0.2) is 23.3 Å². The lowest BCUT2D eigenvalue weighted by Crippen LogP contribution is -2.51. The van der Waals surface area contributed by atoms with Crippen LogP contribution in [-0.2, 0) is 9.53 Å². The largest absolute Gasteiger partial charge is 0.456 e. The SMILES string of the molecule is CC(C)C1(CO)CCC(C)(C)C(=O)O1. The Balaban J connectivity index is 2.83. The van der Waals surface area contributed by atoms with Gasteiger partial charge < -0.3 is 9.84 Å². The zero-order valence-electron chi connectivity index (χ0n) is 9.46. The number of cyclic esters (lactones) is 1. The second-order valence-electron chi connectivity index (χ2n) is 5.15. The molecule has 1 unspecified atom stereocenters. The summed E-state index contributed by atoms with van der Waals surface area (Å²) in [4.78, 5) is 11.7. The summed E-state index contributed by atoms with van der Waals surface area (Å²) < 4.78 is 5.41. The number of aliphatic hydroxyl groups excluding tert-OH is 1. The van der Waals surface area contributed by atoms with Crippen LogP contribution in [0.15, 0.2) is 0 Å². The molecule has 0 saturated carbocycles. The third-order valence-corrected chi connectivity index (χ3v) is 3.34. The normalized spacial score (nSPS) is 31.7. The van der Waals surface area contributed by atoms with Gasteiger partial charge >= 0.3 is 5.97 Å². The summed E-state index contributed by atoms with van der Waals surface area (Å²) in [6.45, 7) is 7.64. The van der Waals surface area contributed by atoms with E-state index in [1.165, 1.54) is 0 Å². The zero-order valence-corrected chi connectivity index (χ0v) is 9.46. The molecule has 1 heterocycles. The van der Waals surface area contributed by atoms with Gasteiger partial charge in [0.2, 0.25) is 0 Å². The number of esters is 1. The van der Waals surface area contributed by atoms with Crippen molar-refractivity contribution in [1.29, 1.82) is 0 Å². The monoisotopic (exact) mass is 200 g/mol. The Labute approximate surface area is 85.5 Å². The van der Waals surface area contributed by atoms with E-state index in [1.807, 2.05) is 27.7 Å². The first-order chi connectivity index (χ1) is 6.34. The van der Waals surface area contributed by atoms with E-state index < -0.39 is 11.0 Å². The lowest BCUT2D eigenvalue weighted by atomic mass is 9.76. The van der Waals surface area contributed by atoms with Crippen molar-refractivity contribution < 1.29 is 14.6 Å². The molecule has 0 aromatic heterocycles. The van der Waals surface area contributed by atoms with Gasteiger partial charge in [-0.1, -0.05) is 13.8 Å². The fourth-order valence-corrected chi connectivity index (χ4v) is 1.70. The Kier molecular flexibility index (Phi) is 2.91. The van der Waals surface area contributed by atoms with Crippen molar-refractivity contribution in [1.82, 2.24) is 0 Å². The van der Waals surface area contributed by atoms with E-state index >= 15 is 0 Å². The first kappa shape index (κ1) is 11.5. The number of ether oxygens (including phenoxy) is 1. The maximum absolute atomic E-state index is 11.7. The summed E-state index contributed by atoms with van der Waals surface area (Å²) in [6.07, 6.45) is 1.53. The molecule has 1 N–H and O–H groups in total. The molecular weight excluding hydrogens is 180 g/mol. The van der Waals surface area contributed by atoms with E-state index in [4.69, 9.17) is 4.74 Å². The van der Waals surface area contributed by atoms with Gasteiger partial charge in [-0.25, -0.2) is 0 Å². The molecule has 0 amide bonds. The summed E-state index contributed by atoms with van der Waals surface area (Å²) in [5, 5.41) is 9.32. The molecule has 1 aliphatic rings. The molecule has 0 spiro atoms. The second kappa shape index (κ2) is 3.54. The predicted molar refractivity (Wildman–Crippen MR) is 53.8 cm³/mol. The van der Waals surface area contributed by atoms with Gasteiger partial charge in [0.1, 0.15) is 5.60 Å². The van der Waals surface area contributed by atoms with E-state index in [0.717, 1.165) is 12.8 Å². The fraction of sp³-hybridized carbons (Fsp3) is 0.909. The molecule has 0 aromatic carbocycles. The predicted octanol–water partition coefficient (Wildman–Crippen LogP) is 1.74. The molecule has 0 aliphatic carbocycles. The number of rotatable bonds is 2. The maximum atomic E-state index is 11.7. The van der Waals surface area contributed by atoms with Gasteiger partial charge in [0.05, 0.1) is 12.0 Å². The first-order valence-electron chi connectivity index (χ1n) is 5.18. The highest BCUT2D eigenvalue weighted by Crippen LogP contribution is 2.40. The van der Waals surface area contributed by atoms with Crippen molar-refractivity contribution in [2.75, 3.05) is 6.61 Å². The van der Waals surface area contributed by atoms with E-state index in [2.05, 4.69) is 0 Å². The van der Waals surface area contributed by atoms with Gasteiger partial charge in [-0.15, -0.1) is 0 Å². The van der Waals surface area contributed by atoms with Crippen molar-refractivity contribution in [2.24, 2.45) is 11.3 Å². The van der Waals surface area contributed by atoms with Crippen molar-refractivity contribution in [3.05, 3.63) is 0 Å². The Bertz CT molecular complexity index is 233. The number of hydrogen-bond donors (Lipinski definition) is 1. The third kappa shape index (κ3) is 1.78. The topological polar surface area (TPSA) is 46.5 Å². The molecule has 1 saturated heterocycles. The van der Waals surface area contributed by atoms with E-state index in [1.54, 1.807) is 0 Å². The van der Waals surface area contributed by atoms with Gasteiger partial charge in [0.25, 0.3) is 0 Å². The summed E-state index contributed by atoms with van der Waals surface area (Å²) in [5.74, 6) is -0.0287. The van der Waals surface area contributed by atoms with Crippen LogP contribution in [0.2, 0.25) is 0 Å². The number of carbonyl (C=O) groups excluding carboxylic acids is 1. The molecule has 3 nitrogen and oxygen atoms in total. The molecule has 0 radical (unpaired) electrons. The van der Waals surface area contributed by atoms with Crippen LogP contribution in [0.5, 0.6) is 0 Å². The zero-order chi connectivity index (χ0) is 11.0. The van der Waals surface area contributed by atoms with Crippen molar-refractivity contribution in [2.45, 2.75) is 46.1 Å². The smallest absolute Gasteiger partial charge is 0.312 e. The molecule has 1 atom stereocenters. The number of aliphatic hydroxyl groups is 1. The minimum Gasteiger partial charge on any atom is -0.456 e. The fourth-order valence-electron chi connectivity index (χ4n) is 1.70. The average molecular weight is 200 g/mol. The van der Waals surface area contributed by atoms with Gasteiger partial charge in [-0.05, 0) is 32.6 Å². The summed E-state index contributed by atoms with van der Waals surface area (Å²) in [5.41, 5.74) is -1.04.